The fourth-order valence-corrected chi connectivity index (χ4v) is 4.02. The minimum atomic E-state index is -0.404. The normalized spacial score (nSPS) is 18.1. The van der Waals surface area contributed by atoms with Crippen molar-refractivity contribution in [2.24, 2.45) is 5.92 Å². The summed E-state index contributed by atoms with van der Waals surface area (Å²) in [4.78, 5) is 28.9. The number of benzene rings is 1. The standard InChI is InChI=1S/C21H32N4O3/c1-24-13-8-16(9-14-24)7-10-22-21(27)23-18-15-17(20(26)28-2)5-6-19(18)25-11-3-4-12-25/h5-6,15-16H,3-4,7-14H2,1-2H3,(H2,22,23,27). The Morgan fingerprint density at radius 2 is 1.86 bits per heavy atom. The van der Waals surface area contributed by atoms with Gasteiger partial charge in [0.2, 0.25) is 0 Å². The molecule has 2 N–H and O–H groups in total. The molecule has 0 unspecified atom stereocenters. The molecule has 0 saturated carbocycles. The van der Waals surface area contributed by atoms with Crippen molar-refractivity contribution in [3.05, 3.63) is 23.8 Å². The fourth-order valence-electron chi connectivity index (χ4n) is 4.02. The Bertz CT molecular complexity index is 680. The molecule has 1 aromatic rings. The number of nitrogens with zero attached hydrogens (tertiary/aromatic N) is 2. The molecular weight excluding hydrogens is 356 g/mol. The molecule has 154 valence electrons. The molecule has 7 heteroatoms. The summed E-state index contributed by atoms with van der Waals surface area (Å²) in [5, 5.41) is 5.92. The van der Waals surface area contributed by atoms with Crippen LogP contribution in [0, 0.1) is 5.92 Å². The number of likely N-dealkylation sites (tertiary alicyclic amines) is 1. The second-order valence-corrected chi connectivity index (χ2v) is 7.83. The van der Waals surface area contributed by atoms with Gasteiger partial charge in [0.05, 0.1) is 24.0 Å². The van der Waals surface area contributed by atoms with E-state index in [0.29, 0.717) is 23.7 Å². The van der Waals surface area contributed by atoms with Gasteiger partial charge in [-0.2, -0.15) is 0 Å². The topological polar surface area (TPSA) is 73.9 Å². The number of nitrogens with one attached hydrogen (secondary N) is 2. The highest BCUT2D eigenvalue weighted by Crippen LogP contribution is 2.30. The van der Waals surface area contributed by atoms with Crippen molar-refractivity contribution >= 4 is 23.4 Å². The molecule has 2 aliphatic heterocycles. The van der Waals surface area contributed by atoms with Crippen molar-refractivity contribution in [2.45, 2.75) is 32.1 Å². The summed E-state index contributed by atoms with van der Waals surface area (Å²) in [5.74, 6) is 0.276. The molecule has 2 fully saturated rings. The first-order valence-electron chi connectivity index (χ1n) is 10.3. The fraction of sp³-hybridized carbons (Fsp3) is 0.619. The van der Waals surface area contributed by atoms with Crippen molar-refractivity contribution in [1.82, 2.24) is 10.2 Å². The number of carbonyl (C=O) groups is 2. The largest absolute Gasteiger partial charge is 0.465 e. The quantitative estimate of drug-likeness (QED) is 0.733. The molecule has 0 aromatic heterocycles. The van der Waals surface area contributed by atoms with Gasteiger partial charge in [0.15, 0.2) is 0 Å². The van der Waals surface area contributed by atoms with Crippen LogP contribution in [-0.4, -0.2) is 63.8 Å². The van der Waals surface area contributed by atoms with Gasteiger partial charge in [-0.1, -0.05) is 0 Å². The van der Waals surface area contributed by atoms with Crippen molar-refractivity contribution in [2.75, 3.05) is 57.1 Å². The number of carbonyl (C=O) groups excluding carboxylic acids is 2. The Hall–Kier alpha value is -2.28. The van der Waals surface area contributed by atoms with Gasteiger partial charge >= 0.3 is 12.0 Å². The second-order valence-electron chi connectivity index (χ2n) is 7.83. The monoisotopic (exact) mass is 388 g/mol. The van der Waals surface area contributed by atoms with E-state index in [4.69, 9.17) is 4.74 Å². The summed E-state index contributed by atoms with van der Waals surface area (Å²) in [6, 6.07) is 5.13. The average molecular weight is 389 g/mol. The van der Waals surface area contributed by atoms with Crippen molar-refractivity contribution in [3.63, 3.8) is 0 Å². The zero-order chi connectivity index (χ0) is 19.9. The van der Waals surface area contributed by atoms with Gasteiger partial charge < -0.3 is 25.2 Å². The Morgan fingerprint density at radius 3 is 2.54 bits per heavy atom. The first-order chi connectivity index (χ1) is 13.6. The molecule has 0 aliphatic carbocycles. The number of amides is 2. The van der Waals surface area contributed by atoms with Crippen LogP contribution in [0.4, 0.5) is 16.2 Å². The SMILES string of the molecule is COC(=O)c1ccc(N2CCCC2)c(NC(=O)NCCC2CCN(C)CC2)c1. The van der Waals surface area contributed by atoms with E-state index in [-0.39, 0.29) is 6.03 Å². The molecule has 0 spiro atoms. The number of hydrogen-bond acceptors (Lipinski definition) is 5. The number of ether oxygens (including phenoxy) is 1. The van der Waals surface area contributed by atoms with E-state index < -0.39 is 5.97 Å². The van der Waals surface area contributed by atoms with Gasteiger partial charge in [0.25, 0.3) is 0 Å². The number of urea groups is 1. The summed E-state index contributed by atoms with van der Waals surface area (Å²) >= 11 is 0. The predicted molar refractivity (Wildman–Crippen MR) is 111 cm³/mol. The van der Waals surface area contributed by atoms with Crippen molar-refractivity contribution < 1.29 is 14.3 Å². The van der Waals surface area contributed by atoms with Crippen LogP contribution < -0.4 is 15.5 Å². The Labute approximate surface area is 167 Å². The minimum Gasteiger partial charge on any atom is -0.465 e. The highest BCUT2D eigenvalue weighted by Gasteiger charge is 2.20. The zero-order valence-corrected chi connectivity index (χ0v) is 17.0. The Kier molecular flexibility index (Phi) is 7.14. The van der Waals surface area contributed by atoms with Gasteiger partial charge in [0.1, 0.15) is 0 Å². The van der Waals surface area contributed by atoms with Crippen LogP contribution in [0.3, 0.4) is 0 Å². The van der Waals surface area contributed by atoms with E-state index in [1.54, 1.807) is 12.1 Å². The maximum Gasteiger partial charge on any atom is 0.337 e. The summed E-state index contributed by atoms with van der Waals surface area (Å²) in [6.45, 7) is 4.86. The van der Waals surface area contributed by atoms with Crippen LogP contribution >= 0.6 is 0 Å². The van der Waals surface area contributed by atoms with E-state index in [1.165, 1.54) is 20.0 Å². The van der Waals surface area contributed by atoms with Crippen LogP contribution in [0.25, 0.3) is 0 Å². The number of anilines is 2. The first kappa shape index (κ1) is 20.5. The second kappa shape index (κ2) is 9.78. The maximum absolute atomic E-state index is 12.5. The van der Waals surface area contributed by atoms with E-state index in [2.05, 4.69) is 27.5 Å². The molecule has 2 heterocycles. The summed E-state index contributed by atoms with van der Waals surface area (Å²) in [7, 11) is 3.52. The summed E-state index contributed by atoms with van der Waals surface area (Å²) in [6.07, 6.45) is 5.67. The molecule has 0 atom stereocenters. The van der Waals surface area contributed by atoms with Gasteiger partial charge in [-0.25, -0.2) is 9.59 Å². The molecule has 28 heavy (non-hydrogen) atoms. The third-order valence-corrected chi connectivity index (χ3v) is 5.79. The molecule has 0 bridgehead atoms. The smallest absolute Gasteiger partial charge is 0.337 e. The lowest BCUT2D eigenvalue weighted by atomic mass is 9.94. The van der Waals surface area contributed by atoms with E-state index in [1.807, 2.05) is 6.07 Å². The van der Waals surface area contributed by atoms with Crippen molar-refractivity contribution in [1.29, 1.82) is 0 Å². The van der Waals surface area contributed by atoms with Gasteiger partial charge in [-0.3, -0.25) is 0 Å². The number of piperidine rings is 1. The average Bonchev–Trinajstić information content (AvgIpc) is 3.23. The number of hydrogen-bond donors (Lipinski definition) is 2. The third-order valence-electron chi connectivity index (χ3n) is 5.79. The van der Waals surface area contributed by atoms with E-state index >= 15 is 0 Å². The lowest BCUT2D eigenvalue weighted by Gasteiger charge is -2.28. The highest BCUT2D eigenvalue weighted by molar-refractivity contribution is 5.97. The molecule has 2 aliphatic rings. The predicted octanol–water partition coefficient (Wildman–Crippen LogP) is 2.93. The molecule has 0 radical (unpaired) electrons. The zero-order valence-electron chi connectivity index (χ0n) is 17.0. The van der Waals surface area contributed by atoms with Crippen LogP contribution in [-0.2, 0) is 4.74 Å². The Balaban J connectivity index is 1.59. The molecular formula is C21H32N4O3. The first-order valence-corrected chi connectivity index (χ1v) is 10.3. The minimum absolute atomic E-state index is 0.226. The number of methoxy groups -OCH3 is 1. The van der Waals surface area contributed by atoms with E-state index in [9.17, 15) is 9.59 Å². The van der Waals surface area contributed by atoms with Crippen LogP contribution in [0.2, 0.25) is 0 Å². The molecule has 3 rings (SSSR count). The van der Waals surface area contributed by atoms with E-state index in [0.717, 1.165) is 51.1 Å². The molecule has 2 amide bonds. The summed E-state index contributed by atoms with van der Waals surface area (Å²) in [5.41, 5.74) is 2.05. The number of rotatable bonds is 6. The van der Waals surface area contributed by atoms with Gasteiger partial charge in [-0.05, 0) is 76.4 Å². The Morgan fingerprint density at radius 1 is 1.14 bits per heavy atom. The third kappa shape index (κ3) is 5.38. The van der Waals surface area contributed by atoms with Crippen LogP contribution in [0.1, 0.15) is 42.5 Å². The van der Waals surface area contributed by atoms with Gasteiger partial charge in [0, 0.05) is 19.6 Å². The lowest BCUT2D eigenvalue weighted by molar-refractivity contribution is 0.0600. The van der Waals surface area contributed by atoms with Gasteiger partial charge in [-0.15, -0.1) is 0 Å². The molecule has 2 saturated heterocycles. The summed E-state index contributed by atoms with van der Waals surface area (Å²) < 4.78 is 4.82. The van der Waals surface area contributed by atoms with Crippen molar-refractivity contribution in [3.8, 4) is 0 Å². The maximum atomic E-state index is 12.5. The van der Waals surface area contributed by atoms with Crippen LogP contribution in [0.15, 0.2) is 18.2 Å². The molecule has 7 nitrogen and oxygen atoms in total. The van der Waals surface area contributed by atoms with Crippen LogP contribution in [0.5, 0.6) is 0 Å². The lowest BCUT2D eigenvalue weighted by Crippen LogP contribution is -2.34. The molecule has 1 aromatic carbocycles. The highest BCUT2D eigenvalue weighted by atomic mass is 16.5. The number of esters is 1.